The molecule has 0 spiro atoms. The number of hydrogen-bond donors (Lipinski definition) is 0. The molecule has 12 heavy (non-hydrogen) atoms. The fourth-order valence-corrected chi connectivity index (χ4v) is 0.282. The zero-order chi connectivity index (χ0) is 9.78. The van der Waals surface area contributed by atoms with Crippen molar-refractivity contribution >= 4 is 11.8 Å². The van der Waals surface area contributed by atoms with Crippen molar-refractivity contribution in [1.29, 1.82) is 0 Å². The first kappa shape index (κ1) is 10.9. The van der Waals surface area contributed by atoms with Gasteiger partial charge in [0.2, 0.25) is 0 Å². The van der Waals surface area contributed by atoms with Crippen LogP contribution in [0.4, 0.5) is 17.6 Å². The number of alkyl halides is 4. The topological polar surface area (TPSA) is 43.4 Å². The summed E-state index contributed by atoms with van der Waals surface area (Å²) in [6.07, 6.45) is -4.70. The number of halogens is 4. The normalized spacial score (nSPS) is 11.0. The molecule has 0 N–H and O–H groups in total. The fraction of sp³-hybridized carbons (Fsp3) is 0.600. The Kier molecular flexibility index (Phi) is 3.65. The highest BCUT2D eigenvalue weighted by atomic mass is 19.4. The number of carbonyl (C=O) groups excluding carboxylic acids is 2. The highest BCUT2D eigenvalue weighted by Crippen LogP contribution is 2.14. The second-order valence-electron chi connectivity index (χ2n) is 1.75. The van der Waals surface area contributed by atoms with E-state index < -0.39 is 31.2 Å². The summed E-state index contributed by atoms with van der Waals surface area (Å²) in [6, 6.07) is 0. The molecule has 0 radical (unpaired) electrons. The Morgan fingerprint density at radius 3 is 2.08 bits per heavy atom. The van der Waals surface area contributed by atoms with Crippen molar-refractivity contribution in [3.05, 3.63) is 0 Å². The molecular formula is C5H4F4O3. The van der Waals surface area contributed by atoms with Gasteiger partial charge in [-0.2, -0.15) is 13.2 Å². The zero-order valence-corrected chi connectivity index (χ0v) is 5.65. The standard InChI is InChI=1S/C5H4F4O3/c6-1-3(10)4(11)12-2-5(7,8)9/h1-2H2. The Morgan fingerprint density at radius 1 is 1.25 bits per heavy atom. The van der Waals surface area contributed by atoms with Crippen molar-refractivity contribution in [3.63, 3.8) is 0 Å². The molecule has 0 bridgehead atoms. The molecule has 0 amide bonds. The van der Waals surface area contributed by atoms with Crippen LogP contribution in [0.5, 0.6) is 0 Å². The largest absolute Gasteiger partial charge is 0.450 e. The summed E-state index contributed by atoms with van der Waals surface area (Å²) in [4.78, 5) is 20.1. The molecule has 0 saturated heterocycles. The number of ether oxygens (including phenoxy) is 1. The van der Waals surface area contributed by atoms with Crippen LogP contribution in [0.3, 0.4) is 0 Å². The van der Waals surface area contributed by atoms with E-state index in [0.29, 0.717) is 0 Å². The predicted molar refractivity (Wildman–Crippen MR) is 28.0 cm³/mol. The molecule has 0 aliphatic heterocycles. The average Bonchev–Trinajstić information content (AvgIpc) is 1.97. The third-order valence-corrected chi connectivity index (χ3v) is 0.716. The molecule has 3 nitrogen and oxygen atoms in total. The van der Waals surface area contributed by atoms with E-state index in [4.69, 9.17) is 0 Å². The lowest BCUT2D eigenvalue weighted by Gasteiger charge is -2.05. The molecule has 0 atom stereocenters. The first-order valence-electron chi connectivity index (χ1n) is 2.69. The lowest BCUT2D eigenvalue weighted by Crippen LogP contribution is -2.25. The van der Waals surface area contributed by atoms with Crippen LogP contribution >= 0.6 is 0 Å². The third kappa shape index (κ3) is 4.64. The van der Waals surface area contributed by atoms with Crippen molar-refractivity contribution < 1.29 is 31.9 Å². The Hall–Kier alpha value is -1.14. The van der Waals surface area contributed by atoms with Gasteiger partial charge in [-0.25, -0.2) is 9.18 Å². The lowest BCUT2D eigenvalue weighted by molar-refractivity contribution is -0.187. The van der Waals surface area contributed by atoms with Crippen LogP contribution in [-0.2, 0) is 14.3 Å². The molecule has 0 heterocycles. The molecule has 70 valence electrons. The fourth-order valence-electron chi connectivity index (χ4n) is 0.282. The summed E-state index contributed by atoms with van der Waals surface area (Å²) in [6.45, 7) is -3.53. The quantitative estimate of drug-likeness (QED) is 0.370. The number of hydrogen-bond acceptors (Lipinski definition) is 3. The van der Waals surface area contributed by atoms with Crippen molar-refractivity contribution in [2.75, 3.05) is 13.3 Å². The van der Waals surface area contributed by atoms with E-state index in [9.17, 15) is 27.2 Å². The second kappa shape index (κ2) is 4.03. The lowest BCUT2D eigenvalue weighted by atomic mass is 10.4. The van der Waals surface area contributed by atoms with E-state index in [1.54, 1.807) is 0 Å². The van der Waals surface area contributed by atoms with Gasteiger partial charge in [0.15, 0.2) is 13.3 Å². The number of Topliss-reactive ketones (excluding diaryl/α,β-unsaturated/α-hetero) is 1. The molecule has 0 aromatic rings. The summed E-state index contributed by atoms with van der Waals surface area (Å²) in [7, 11) is 0. The van der Waals surface area contributed by atoms with E-state index in [2.05, 4.69) is 4.74 Å². The van der Waals surface area contributed by atoms with Crippen molar-refractivity contribution in [3.8, 4) is 0 Å². The molecule has 0 unspecified atom stereocenters. The average molecular weight is 188 g/mol. The maximum Gasteiger partial charge on any atom is 0.422 e. The predicted octanol–water partition coefficient (Wildman–Crippen LogP) is 0.630. The molecule has 0 aromatic carbocycles. The van der Waals surface area contributed by atoms with Crippen molar-refractivity contribution in [1.82, 2.24) is 0 Å². The third-order valence-electron chi connectivity index (χ3n) is 0.716. The SMILES string of the molecule is O=C(CF)C(=O)OCC(F)(F)F. The van der Waals surface area contributed by atoms with Gasteiger partial charge in [0.25, 0.3) is 5.78 Å². The van der Waals surface area contributed by atoms with Gasteiger partial charge in [-0.15, -0.1) is 0 Å². The number of ketones is 1. The maximum absolute atomic E-state index is 11.3. The van der Waals surface area contributed by atoms with Crippen LogP contribution < -0.4 is 0 Å². The maximum atomic E-state index is 11.3. The van der Waals surface area contributed by atoms with Gasteiger partial charge in [-0.3, -0.25) is 4.79 Å². The van der Waals surface area contributed by atoms with Gasteiger partial charge in [0, 0.05) is 0 Å². The minimum absolute atomic E-state index is 1.63. The molecule has 0 rings (SSSR count). The van der Waals surface area contributed by atoms with Crippen LogP contribution in [0.25, 0.3) is 0 Å². The van der Waals surface area contributed by atoms with E-state index in [-0.39, 0.29) is 0 Å². The van der Waals surface area contributed by atoms with Gasteiger partial charge in [-0.05, 0) is 0 Å². The van der Waals surface area contributed by atoms with Crippen molar-refractivity contribution in [2.24, 2.45) is 0 Å². The van der Waals surface area contributed by atoms with Gasteiger partial charge in [-0.1, -0.05) is 0 Å². The van der Waals surface area contributed by atoms with Gasteiger partial charge in [0.1, 0.15) is 0 Å². The smallest absolute Gasteiger partial charge is 0.422 e. The molecule has 0 aliphatic carbocycles. The summed E-state index contributed by atoms with van der Waals surface area (Å²) in [5.74, 6) is -3.44. The number of esters is 1. The van der Waals surface area contributed by atoms with E-state index >= 15 is 0 Å². The summed E-state index contributed by atoms with van der Waals surface area (Å²) >= 11 is 0. The van der Waals surface area contributed by atoms with Gasteiger partial charge < -0.3 is 4.74 Å². The van der Waals surface area contributed by atoms with Crippen molar-refractivity contribution in [2.45, 2.75) is 6.18 Å². The molecule has 0 saturated carbocycles. The van der Waals surface area contributed by atoms with Gasteiger partial charge in [0.05, 0.1) is 0 Å². The van der Waals surface area contributed by atoms with Crippen LogP contribution in [0.2, 0.25) is 0 Å². The molecular weight excluding hydrogens is 184 g/mol. The highest BCUT2D eigenvalue weighted by Gasteiger charge is 2.30. The van der Waals surface area contributed by atoms with E-state index in [1.807, 2.05) is 0 Å². The summed E-state index contributed by atoms with van der Waals surface area (Å²) < 4.78 is 48.6. The monoisotopic (exact) mass is 188 g/mol. The molecule has 0 aliphatic rings. The Balaban J connectivity index is 3.80. The van der Waals surface area contributed by atoms with E-state index in [0.717, 1.165) is 0 Å². The zero-order valence-electron chi connectivity index (χ0n) is 5.65. The summed E-state index contributed by atoms with van der Waals surface area (Å²) in [5, 5.41) is 0. The molecule has 0 fully saturated rings. The second-order valence-corrected chi connectivity index (χ2v) is 1.75. The number of rotatable bonds is 3. The molecule has 0 aromatic heterocycles. The van der Waals surface area contributed by atoms with Crippen LogP contribution in [-0.4, -0.2) is 31.2 Å². The minimum Gasteiger partial charge on any atom is -0.450 e. The van der Waals surface area contributed by atoms with Gasteiger partial charge >= 0.3 is 12.1 Å². The Labute approximate surface area is 64.3 Å². The molecule has 7 heteroatoms. The van der Waals surface area contributed by atoms with Crippen LogP contribution in [0, 0.1) is 0 Å². The van der Waals surface area contributed by atoms with Crippen LogP contribution in [0.15, 0.2) is 0 Å². The first-order valence-corrected chi connectivity index (χ1v) is 2.69. The van der Waals surface area contributed by atoms with Crippen LogP contribution in [0.1, 0.15) is 0 Å². The minimum atomic E-state index is -4.70. The Morgan fingerprint density at radius 2 is 1.75 bits per heavy atom. The summed E-state index contributed by atoms with van der Waals surface area (Å²) in [5.41, 5.74) is 0. The Bertz CT molecular complexity index is 186. The number of carbonyl (C=O) groups is 2. The highest BCUT2D eigenvalue weighted by molar-refractivity contribution is 6.34. The first-order chi connectivity index (χ1) is 5.37. The van der Waals surface area contributed by atoms with E-state index in [1.165, 1.54) is 0 Å².